The van der Waals surface area contributed by atoms with Crippen LogP contribution in [0.5, 0.6) is 5.75 Å². The molecule has 0 radical (unpaired) electrons. The van der Waals surface area contributed by atoms with Crippen molar-refractivity contribution in [1.29, 1.82) is 0 Å². The van der Waals surface area contributed by atoms with Crippen molar-refractivity contribution in [2.45, 2.75) is 38.6 Å². The van der Waals surface area contributed by atoms with E-state index in [-0.39, 0.29) is 0 Å². The minimum Gasteiger partial charge on any atom is -0.508 e. The molecule has 0 spiro atoms. The highest BCUT2D eigenvalue weighted by molar-refractivity contribution is 5.25. The summed E-state index contributed by atoms with van der Waals surface area (Å²) in [6.07, 6.45) is 4.88. The van der Waals surface area contributed by atoms with Gasteiger partial charge in [-0.25, -0.2) is 0 Å². The Morgan fingerprint density at radius 3 is 2.84 bits per heavy atom. The van der Waals surface area contributed by atoms with Gasteiger partial charge >= 0.3 is 0 Å². The lowest BCUT2D eigenvalue weighted by molar-refractivity contribution is 0.343. The van der Waals surface area contributed by atoms with Crippen molar-refractivity contribution in [3.63, 3.8) is 0 Å². The molecule has 0 aromatic heterocycles. The predicted octanol–water partition coefficient (Wildman–Crippen LogP) is 2.30. The molecule has 1 aliphatic rings. The first kappa shape index (κ1) is 14.4. The first-order valence-corrected chi connectivity index (χ1v) is 7.46. The summed E-state index contributed by atoms with van der Waals surface area (Å²) in [6.45, 7) is 5.74. The van der Waals surface area contributed by atoms with Gasteiger partial charge < -0.3 is 15.7 Å². The maximum atomic E-state index is 9.24. The molecule has 1 aliphatic heterocycles. The summed E-state index contributed by atoms with van der Waals surface area (Å²) in [7, 11) is 0. The number of aromatic hydroxyl groups is 1. The van der Waals surface area contributed by atoms with E-state index in [4.69, 9.17) is 0 Å². The van der Waals surface area contributed by atoms with Gasteiger partial charge in [0.15, 0.2) is 0 Å². The van der Waals surface area contributed by atoms with E-state index in [1.807, 2.05) is 12.1 Å². The molecule has 106 valence electrons. The molecule has 0 amide bonds. The standard InChI is InChI=1S/C16H26N2O/c1-13(18-12-15-3-2-10-17-11-15)4-5-14-6-8-16(19)9-7-14/h6-9,13,15,17-19H,2-5,10-12H2,1H3. The number of piperidine rings is 1. The largest absolute Gasteiger partial charge is 0.508 e. The SMILES string of the molecule is CC(CCc1ccc(O)cc1)NCC1CCCNC1. The molecule has 1 fully saturated rings. The number of rotatable bonds is 6. The lowest BCUT2D eigenvalue weighted by Crippen LogP contribution is -2.39. The van der Waals surface area contributed by atoms with Crippen molar-refractivity contribution in [3.05, 3.63) is 29.8 Å². The average molecular weight is 262 g/mol. The molecule has 3 N–H and O–H groups in total. The van der Waals surface area contributed by atoms with E-state index < -0.39 is 0 Å². The van der Waals surface area contributed by atoms with Gasteiger partial charge in [-0.3, -0.25) is 0 Å². The smallest absolute Gasteiger partial charge is 0.115 e. The summed E-state index contributed by atoms with van der Waals surface area (Å²) in [4.78, 5) is 0. The summed E-state index contributed by atoms with van der Waals surface area (Å²) >= 11 is 0. The van der Waals surface area contributed by atoms with Crippen LogP contribution in [0.1, 0.15) is 31.7 Å². The van der Waals surface area contributed by atoms with Crippen LogP contribution < -0.4 is 10.6 Å². The lowest BCUT2D eigenvalue weighted by Gasteiger charge is -2.25. The molecule has 3 heteroatoms. The molecule has 0 saturated carbocycles. The van der Waals surface area contributed by atoms with Gasteiger partial charge in [0, 0.05) is 6.04 Å². The third-order valence-corrected chi connectivity index (χ3v) is 3.96. The summed E-state index contributed by atoms with van der Waals surface area (Å²) in [5, 5.41) is 16.3. The van der Waals surface area contributed by atoms with Gasteiger partial charge in [0.25, 0.3) is 0 Å². The third kappa shape index (κ3) is 5.21. The Bertz CT molecular complexity index is 358. The Morgan fingerprint density at radius 1 is 1.37 bits per heavy atom. The van der Waals surface area contributed by atoms with Crippen LogP contribution in [0.4, 0.5) is 0 Å². The molecule has 1 heterocycles. The number of aryl methyl sites for hydroxylation is 1. The molecule has 0 aliphatic carbocycles. The van der Waals surface area contributed by atoms with Crippen molar-refractivity contribution in [3.8, 4) is 5.75 Å². The van der Waals surface area contributed by atoms with Crippen LogP contribution in [0.3, 0.4) is 0 Å². The van der Waals surface area contributed by atoms with Gasteiger partial charge in [0.05, 0.1) is 0 Å². The highest BCUT2D eigenvalue weighted by Crippen LogP contribution is 2.12. The number of hydrogen-bond acceptors (Lipinski definition) is 3. The molecule has 19 heavy (non-hydrogen) atoms. The van der Waals surface area contributed by atoms with Crippen LogP contribution in [0.25, 0.3) is 0 Å². The molecule has 0 bridgehead atoms. The van der Waals surface area contributed by atoms with E-state index in [1.165, 1.54) is 24.9 Å². The molecule has 2 rings (SSSR count). The van der Waals surface area contributed by atoms with Crippen molar-refractivity contribution in [2.75, 3.05) is 19.6 Å². The van der Waals surface area contributed by atoms with E-state index >= 15 is 0 Å². The van der Waals surface area contributed by atoms with Gasteiger partial charge in [-0.15, -0.1) is 0 Å². The van der Waals surface area contributed by atoms with Crippen molar-refractivity contribution in [2.24, 2.45) is 5.92 Å². The summed E-state index contributed by atoms with van der Waals surface area (Å²) in [5.74, 6) is 1.14. The predicted molar refractivity (Wildman–Crippen MR) is 79.5 cm³/mol. The zero-order valence-corrected chi connectivity index (χ0v) is 11.9. The van der Waals surface area contributed by atoms with Gasteiger partial charge in [-0.1, -0.05) is 12.1 Å². The van der Waals surface area contributed by atoms with E-state index in [2.05, 4.69) is 17.6 Å². The van der Waals surface area contributed by atoms with Gasteiger partial charge in [-0.2, -0.15) is 0 Å². The average Bonchev–Trinajstić information content (AvgIpc) is 2.45. The molecular weight excluding hydrogens is 236 g/mol. The highest BCUT2D eigenvalue weighted by Gasteiger charge is 2.13. The molecule has 2 unspecified atom stereocenters. The van der Waals surface area contributed by atoms with E-state index in [1.54, 1.807) is 12.1 Å². The van der Waals surface area contributed by atoms with E-state index in [9.17, 15) is 5.11 Å². The Labute approximate surface area is 116 Å². The highest BCUT2D eigenvalue weighted by atomic mass is 16.3. The molecule has 1 saturated heterocycles. The van der Waals surface area contributed by atoms with Crippen LogP contribution in [0, 0.1) is 5.92 Å². The molecule has 1 aromatic rings. The minimum absolute atomic E-state index is 0.347. The monoisotopic (exact) mass is 262 g/mol. The van der Waals surface area contributed by atoms with Crippen LogP contribution >= 0.6 is 0 Å². The number of benzene rings is 1. The van der Waals surface area contributed by atoms with E-state index in [0.29, 0.717) is 11.8 Å². The number of phenols is 1. The second-order valence-electron chi connectivity index (χ2n) is 5.73. The Hall–Kier alpha value is -1.06. The molecule has 3 nitrogen and oxygen atoms in total. The number of hydrogen-bond donors (Lipinski definition) is 3. The maximum absolute atomic E-state index is 9.24. The molecular formula is C16H26N2O. The lowest BCUT2D eigenvalue weighted by atomic mass is 9.99. The Kier molecular flexibility index (Phi) is 5.67. The first-order chi connectivity index (χ1) is 9.24. The van der Waals surface area contributed by atoms with Gasteiger partial charge in [0.2, 0.25) is 0 Å². The number of nitrogens with one attached hydrogen (secondary N) is 2. The quantitative estimate of drug-likeness (QED) is 0.737. The fourth-order valence-electron chi connectivity index (χ4n) is 2.61. The zero-order chi connectivity index (χ0) is 13.5. The van der Waals surface area contributed by atoms with Gasteiger partial charge in [0.1, 0.15) is 5.75 Å². The summed E-state index contributed by atoms with van der Waals surface area (Å²) < 4.78 is 0. The fraction of sp³-hybridized carbons (Fsp3) is 0.625. The second kappa shape index (κ2) is 7.51. The topological polar surface area (TPSA) is 44.3 Å². The summed E-state index contributed by atoms with van der Waals surface area (Å²) in [6, 6.07) is 8.10. The summed E-state index contributed by atoms with van der Waals surface area (Å²) in [5.41, 5.74) is 1.30. The molecule has 1 aromatic carbocycles. The van der Waals surface area contributed by atoms with Crippen LogP contribution in [-0.2, 0) is 6.42 Å². The minimum atomic E-state index is 0.347. The Morgan fingerprint density at radius 2 is 2.16 bits per heavy atom. The normalized spacial score (nSPS) is 21.2. The van der Waals surface area contributed by atoms with Gasteiger partial charge in [-0.05, 0) is 75.9 Å². The molecule has 2 atom stereocenters. The Balaban J connectivity index is 1.63. The van der Waals surface area contributed by atoms with Crippen LogP contribution in [0.2, 0.25) is 0 Å². The third-order valence-electron chi connectivity index (χ3n) is 3.96. The van der Waals surface area contributed by atoms with Crippen molar-refractivity contribution >= 4 is 0 Å². The maximum Gasteiger partial charge on any atom is 0.115 e. The second-order valence-corrected chi connectivity index (χ2v) is 5.73. The van der Waals surface area contributed by atoms with Crippen LogP contribution in [0.15, 0.2) is 24.3 Å². The van der Waals surface area contributed by atoms with Crippen LogP contribution in [-0.4, -0.2) is 30.8 Å². The van der Waals surface area contributed by atoms with Crippen molar-refractivity contribution in [1.82, 2.24) is 10.6 Å². The fourth-order valence-corrected chi connectivity index (χ4v) is 2.61. The van der Waals surface area contributed by atoms with E-state index in [0.717, 1.165) is 31.8 Å². The number of phenolic OH excluding ortho intramolecular Hbond substituents is 1. The van der Waals surface area contributed by atoms with Crippen molar-refractivity contribution < 1.29 is 5.11 Å². The zero-order valence-electron chi connectivity index (χ0n) is 11.9. The first-order valence-electron chi connectivity index (χ1n) is 7.46.